The quantitative estimate of drug-likeness (QED) is 0.174. The SMILES string of the molecule is CCOC(=O)/C(N)=N/OC(=O)c1cnc2c(c1NC1[C@@H]3CC4C[C@H]1CC(O)(C4)C3)CCN2. The number of pyridine rings is 1. The third-order valence-electron chi connectivity index (χ3n) is 7.33. The number of carbonyl (C=O) groups excluding carboxylic acids is 2. The highest BCUT2D eigenvalue weighted by Gasteiger charge is 2.55. The molecule has 5 N–H and O–H groups in total. The van der Waals surface area contributed by atoms with Crippen LogP contribution in [-0.2, 0) is 20.8 Å². The highest BCUT2D eigenvalue weighted by molar-refractivity contribution is 6.34. The van der Waals surface area contributed by atoms with Crippen molar-refractivity contribution in [2.75, 3.05) is 23.8 Å². The van der Waals surface area contributed by atoms with Crippen molar-refractivity contribution in [2.24, 2.45) is 28.6 Å². The number of amidine groups is 1. The summed E-state index contributed by atoms with van der Waals surface area (Å²) < 4.78 is 4.75. The average molecular weight is 444 g/mol. The van der Waals surface area contributed by atoms with Gasteiger partial charge in [-0.25, -0.2) is 14.6 Å². The van der Waals surface area contributed by atoms with Crippen molar-refractivity contribution in [1.82, 2.24) is 4.98 Å². The van der Waals surface area contributed by atoms with Crippen LogP contribution in [0.15, 0.2) is 11.4 Å². The molecule has 0 radical (unpaired) electrons. The topological polar surface area (TPSA) is 148 Å². The number of aliphatic hydroxyl groups is 1. The second kappa shape index (κ2) is 7.91. The lowest BCUT2D eigenvalue weighted by Crippen LogP contribution is -2.59. The molecule has 1 aliphatic heterocycles. The van der Waals surface area contributed by atoms with Crippen molar-refractivity contribution >= 4 is 29.3 Å². The van der Waals surface area contributed by atoms with Crippen molar-refractivity contribution < 1.29 is 24.3 Å². The van der Waals surface area contributed by atoms with E-state index in [1.165, 1.54) is 6.20 Å². The average Bonchev–Trinajstić information content (AvgIpc) is 3.22. The zero-order chi connectivity index (χ0) is 22.5. The Bertz CT molecular complexity index is 964. The lowest BCUT2D eigenvalue weighted by atomic mass is 9.52. The molecule has 5 atom stereocenters. The van der Waals surface area contributed by atoms with Crippen molar-refractivity contribution in [1.29, 1.82) is 0 Å². The number of oxime groups is 1. The van der Waals surface area contributed by atoms with Crippen LogP contribution in [0.1, 0.15) is 54.9 Å². The zero-order valence-electron chi connectivity index (χ0n) is 18.1. The van der Waals surface area contributed by atoms with E-state index < -0.39 is 23.4 Å². The maximum atomic E-state index is 12.9. The van der Waals surface area contributed by atoms with Crippen LogP contribution >= 0.6 is 0 Å². The molecular formula is C22H29N5O5. The van der Waals surface area contributed by atoms with E-state index in [0.717, 1.165) is 56.5 Å². The van der Waals surface area contributed by atoms with E-state index in [1.807, 2.05) is 0 Å². The van der Waals surface area contributed by atoms with Gasteiger partial charge in [0, 0.05) is 24.3 Å². The smallest absolute Gasteiger partial charge is 0.377 e. The number of nitrogens with zero attached hydrogens (tertiary/aromatic N) is 2. The Hall–Kier alpha value is -2.88. The molecule has 10 nitrogen and oxygen atoms in total. The normalized spacial score (nSPS) is 32.2. The third kappa shape index (κ3) is 3.66. The number of ether oxygens (including phenoxy) is 1. The van der Waals surface area contributed by atoms with Gasteiger partial charge in [0.1, 0.15) is 11.4 Å². The standard InChI is InChI=1S/C22H29N5O5/c1-2-31-21(29)18(23)27-32-20(28)15-10-25-19-14(3-4-24-19)17(15)26-16-12-5-11-6-13(16)9-22(30,7-11)8-12/h10-13,16,30H,2-9H2,1H3,(H2,23,27)(H2,24,25,26)/t11?,12-,13+,16?,22?. The van der Waals surface area contributed by atoms with E-state index in [2.05, 4.69) is 20.8 Å². The van der Waals surface area contributed by atoms with Crippen LogP contribution in [0.3, 0.4) is 0 Å². The summed E-state index contributed by atoms with van der Waals surface area (Å²) >= 11 is 0. The number of fused-ring (bicyclic) bond motifs is 1. The molecule has 0 amide bonds. The fraction of sp³-hybridized carbons (Fsp3) is 0.636. The van der Waals surface area contributed by atoms with Gasteiger partial charge in [0.15, 0.2) is 0 Å². The summed E-state index contributed by atoms with van der Waals surface area (Å²) in [5.74, 6) is -0.0480. The number of nitrogens with two attached hydrogens (primary N) is 1. The lowest BCUT2D eigenvalue weighted by molar-refractivity contribution is -0.135. The van der Waals surface area contributed by atoms with Crippen LogP contribution in [0, 0.1) is 17.8 Å². The molecule has 1 aromatic rings. The first-order chi connectivity index (χ1) is 15.4. The Morgan fingerprint density at radius 3 is 2.78 bits per heavy atom. The maximum Gasteiger partial charge on any atom is 0.377 e. The van der Waals surface area contributed by atoms with Crippen molar-refractivity contribution in [3.8, 4) is 0 Å². The minimum absolute atomic E-state index is 0.137. The minimum atomic E-state index is -0.846. The van der Waals surface area contributed by atoms with Crippen molar-refractivity contribution in [3.05, 3.63) is 17.3 Å². The lowest BCUT2D eigenvalue weighted by Gasteiger charge is -2.58. The summed E-state index contributed by atoms with van der Waals surface area (Å²) in [6.45, 7) is 2.52. The molecule has 4 saturated carbocycles. The first-order valence-electron chi connectivity index (χ1n) is 11.3. The van der Waals surface area contributed by atoms with Gasteiger partial charge in [-0.3, -0.25) is 0 Å². The molecule has 4 fully saturated rings. The summed E-state index contributed by atoms with van der Waals surface area (Å²) in [6.07, 6.45) is 6.89. The highest BCUT2D eigenvalue weighted by Crippen LogP contribution is 2.56. The zero-order valence-corrected chi connectivity index (χ0v) is 18.1. The molecule has 4 aliphatic carbocycles. The van der Waals surface area contributed by atoms with Gasteiger partial charge in [-0.1, -0.05) is 0 Å². The predicted octanol–water partition coefficient (Wildman–Crippen LogP) is 1.39. The highest BCUT2D eigenvalue weighted by atomic mass is 16.7. The first-order valence-corrected chi connectivity index (χ1v) is 11.3. The summed E-state index contributed by atoms with van der Waals surface area (Å²) in [5.41, 5.74) is 6.89. The minimum Gasteiger partial charge on any atom is -0.460 e. The van der Waals surface area contributed by atoms with E-state index in [-0.39, 0.29) is 18.2 Å². The second-order valence-corrected chi connectivity index (χ2v) is 9.49. The fourth-order valence-corrected chi connectivity index (χ4v) is 6.34. The summed E-state index contributed by atoms with van der Waals surface area (Å²) in [6, 6.07) is 0.179. The number of hydrogen-bond acceptors (Lipinski definition) is 9. The van der Waals surface area contributed by atoms with E-state index in [9.17, 15) is 14.7 Å². The summed E-state index contributed by atoms with van der Waals surface area (Å²) in [5, 5.41) is 21.3. The van der Waals surface area contributed by atoms with Gasteiger partial charge in [0.05, 0.1) is 17.9 Å². The van der Waals surface area contributed by atoms with E-state index >= 15 is 0 Å². The Kier molecular flexibility index (Phi) is 5.19. The monoisotopic (exact) mass is 443 g/mol. The molecule has 0 spiro atoms. The molecule has 5 aliphatic rings. The predicted molar refractivity (Wildman–Crippen MR) is 116 cm³/mol. The van der Waals surface area contributed by atoms with Gasteiger partial charge in [-0.05, 0) is 68.4 Å². The molecule has 10 heteroatoms. The molecule has 32 heavy (non-hydrogen) atoms. The Balaban J connectivity index is 1.40. The van der Waals surface area contributed by atoms with Crippen LogP contribution < -0.4 is 16.4 Å². The number of anilines is 2. The molecule has 1 aromatic heterocycles. The summed E-state index contributed by atoms with van der Waals surface area (Å²) in [7, 11) is 0. The maximum absolute atomic E-state index is 12.9. The fourth-order valence-electron chi connectivity index (χ4n) is 6.34. The van der Waals surface area contributed by atoms with Gasteiger partial charge in [0.25, 0.3) is 0 Å². The van der Waals surface area contributed by atoms with Gasteiger partial charge in [0.2, 0.25) is 5.84 Å². The van der Waals surface area contributed by atoms with E-state index in [0.29, 0.717) is 23.4 Å². The molecule has 3 unspecified atom stereocenters. The number of aromatic nitrogens is 1. The Morgan fingerprint density at radius 1 is 1.34 bits per heavy atom. The summed E-state index contributed by atoms with van der Waals surface area (Å²) in [4.78, 5) is 33.8. The Labute approximate surface area is 185 Å². The van der Waals surface area contributed by atoms with Gasteiger partial charge < -0.3 is 31.0 Å². The molecule has 2 heterocycles. The van der Waals surface area contributed by atoms with E-state index in [1.54, 1.807) is 6.92 Å². The van der Waals surface area contributed by atoms with Crippen LogP contribution in [0.4, 0.5) is 11.5 Å². The van der Waals surface area contributed by atoms with Crippen LogP contribution in [-0.4, -0.2) is 52.7 Å². The molecule has 172 valence electrons. The van der Waals surface area contributed by atoms with Crippen LogP contribution in [0.5, 0.6) is 0 Å². The number of esters is 1. The van der Waals surface area contributed by atoms with Crippen molar-refractivity contribution in [3.63, 3.8) is 0 Å². The number of rotatable bonds is 5. The molecular weight excluding hydrogens is 414 g/mol. The largest absolute Gasteiger partial charge is 0.460 e. The van der Waals surface area contributed by atoms with Gasteiger partial charge in [-0.15, -0.1) is 0 Å². The molecule has 0 aromatic carbocycles. The second-order valence-electron chi connectivity index (χ2n) is 9.49. The van der Waals surface area contributed by atoms with Crippen molar-refractivity contribution in [2.45, 2.75) is 57.1 Å². The van der Waals surface area contributed by atoms with Crippen LogP contribution in [0.2, 0.25) is 0 Å². The van der Waals surface area contributed by atoms with Gasteiger partial charge in [-0.2, -0.15) is 0 Å². The molecule has 4 bridgehead atoms. The first kappa shape index (κ1) is 21.0. The molecule has 6 rings (SSSR count). The third-order valence-corrected chi connectivity index (χ3v) is 7.33. The van der Waals surface area contributed by atoms with Gasteiger partial charge >= 0.3 is 11.9 Å². The number of carbonyl (C=O) groups is 2. The Morgan fingerprint density at radius 2 is 2.09 bits per heavy atom. The van der Waals surface area contributed by atoms with E-state index in [4.69, 9.17) is 15.3 Å². The molecule has 0 saturated heterocycles. The number of hydrogen-bond donors (Lipinski definition) is 4. The van der Waals surface area contributed by atoms with Crippen LogP contribution in [0.25, 0.3) is 0 Å². The number of nitrogens with one attached hydrogen (secondary N) is 2.